The van der Waals surface area contributed by atoms with Crippen molar-refractivity contribution in [1.82, 2.24) is 4.08 Å². The molecule has 0 aliphatic carbocycles. The van der Waals surface area contributed by atoms with Crippen molar-refractivity contribution in [2.75, 3.05) is 19.8 Å². The summed E-state index contributed by atoms with van der Waals surface area (Å²) in [5.74, 6) is -4.85. The highest BCUT2D eigenvalue weighted by Crippen LogP contribution is 2.61. The predicted molar refractivity (Wildman–Crippen MR) is 40.4 cm³/mol. The zero-order valence-corrected chi connectivity index (χ0v) is 8.29. The van der Waals surface area contributed by atoms with Crippen LogP contribution in [0, 0.1) is 0 Å². The molecule has 0 aromatic rings. The molecule has 0 saturated carbocycles. The molecule has 0 N–H and O–H groups in total. The zero-order chi connectivity index (χ0) is 10.3. The summed E-state index contributed by atoms with van der Waals surface area (Å²) in [6, 6.07) is 0. The Kier molecular flexibility index (Phi) is 2.87. The lowest BCUT2D eigenvalue weighted by Crippen LogP contribution is -2.25. The van der Waals surface area contributed by atoms with Crippen LogP contribution in [0.5, 0.6) is 0 Å². The maximum absolute atomic E-state index is 12.2. The van der Waals surface area contributed by atoms with Gasteiger partial charge >= 0.3 is 5.92 Å². The van der Waals surface area contributed by atoms with E-state index >= 15 is 0 Å². The molecule has 78 valence electrons. The number of nitrogens with zero attached hydrogens (tertiary/aromatic N) is 1. The van der Waals surface area contributed by atoms with Crippen LogP contribution in [-0.2, 0) is 20.0 Å². The minimum Gasteiger partial charge on any atom is -0.296 e. The van der Waals surface area contributed by atoms with Crippen LogP contribution >= 0.6 is 7.29 Å². The molecule has 1 saturated heterocycles. The largest absolute Gasteiger partial charge is 0.454 e. The van der Waals surface area contributed by atoms with Crippen molar-refractivity contribution >= 4 is 18.6 Å². The van der Waals surface area contributed by atoms with Crippen molar-refractivity contribution in [2.45, 2.75) is 5.92 Å². The second kappa shape index (κ2) is 3.34. The van der Waals surface area contributed by atoms with Gasteiger partial charge in [0, 0.05) is 13.2 Å². The molecule has 1 rings (SSSR count). The molecule has 13 heavy (non-hydrogen) atoms. The first-order valence-electron chi connectivity index (χ1n) is 3.24. The number of halogens is 3. The molecule has 0 spiro atoms. The standard InChI is InChI=1S/C4H7F3NO3PS/c1-12(9,4(5,6)7)8-2-3-11-13(8)10/h2-3H2,1H3. The predicted octanol–water partition coefficient (Wildman–Crippen LogP) is 1.33. The summed E-state index contributed by atoms with van der Waals surface area (Å²) in [6.07, 6.45) is 0. The maximum atomic E-state index is 12.2. The Hall–Kier alpha value is 0.0900. The molecule has 1 aliphatic rings. The van der Waals surface area contributed by atoms with Crippen LogP contribution in [0.15, 0.2) is 0 Å². The Morgan fingerprint density at radius 2 is 2.08 bits per heavy atom. The van der Waals surface area contributed by atoms with E-state index in [1.54, 1.807) is 0 Å². The molecular formula is C4H7F3NO3PS. The van der Waals surface area contributed by atoms with Gasteiger partial charge < -0.3 is 0 Å². The smallest absolute Gasteiger partial charge is 0.296 e. The summed E-state index contributed by atoms with van der Waals surface area (Å²) in [6.45, 7) is 0.222. The van der Waals surface area contributed by atoms with Crippen molar-refractivity contribution in [2.24, 2.45) is 0 Å². The van der Waals surface area contributed by atoms with E-state index in [9.17, 15) is 21.9 Å². The molecular weight excluding hydrogens is 230 g/mol. The summed E-state index contributed by atoms with van der Waals surface area (Å²) in [4.78, 5) is 0. The van der Waals surface area contributed by atoms with Gasteiger partial charge in [0.2, 0.25) is 11.3 Å². The van der Waals surface area contributed by atoms with Crippen molar-refractivity contribution in [1.29, 1.82) is 0 Å². The quantitative estimate of drug-likeness (QED) is 0.646. The Balaban J connectivity index is 2.93. The third kappa shape index (κ3) is 1.96. The number of hydrogen-bond donors (Lipinski definition) is 0. The minimum absolute atomic E-state index is 0.0967. The first kappa shape index (κ1) is 11.2. The summed E-state index contributed by atoms with van der Waals surface area (Å²) in [5, 5.41) is 0. The minimum atomic E-state index is -4.85. The van der Waals surface area contributed by atoms with Gasteiger partial charge in [-0.3, -0.25) is 8.75 Å². The van der Waals surface area contributed by atoms with E-state index in [2.05, 4.69) is 4.18 Å². The van der Waals surface area contributed by atoms with Gasteiger partial charge in [-0.25, -0.2) is 4.21 Å². The SMILES string of the molecule is CP(=O)(N1CCOS1=O)C(F)(F)F. The van der Waals surface area contributed by atoms with Crippen LogP contribution in [0.2, 0.25) is 0 Å². The molecule has 1 heterocycles. The van der Waals surface area contributed by atoms with E-state index in [4.69, 9.17) is 0 Å². The molecule has 0 aromatic carbocycles. The highest BCUT2D eigenvalue weighted by molar-refractivity contribution is 7.87. The molecule has 0 amide bonds. The fourth-order valence-corrected chi connectivity index (χ4v) is 3.48. The second-order valence-corrected chi connectivity index (χ2v) is 6.59. The third-order valence-corrected chi connectivity index (χ3v) is 5.76. The van der Waals surface area contributed by atoms with Gasteiger partial charge in [0.25, 0.3) is 7.29 Å². The summed E-state index contributed by atoms with van der Waals surface area (Å²) in [7, 11) is -4.57. The van der Waals surface area contributed by atoms with Gasteiger partial charge in [-0.15, -0.1) is 4.08 Å². The van der Waals surface area contributed by atoms with Crippen LogP contribution < -0.4 is 0 Å². The van der Waals surface area contributed by atoms with E-state index in [1.165, 1.54) is 0 Å². The van der Waals surface area contributed by atoms with Crippen LogP contribution in [-0.4, -0.2) is 34.0 Å². The number of rotatable bonds is 1. The Labute approximate surface area is 75.3 Å². The topological polar surface area (TPSA) is 46.6 Å². The molecule has 0 aromatic heterocycles. The first-order valence-corrected chi connectivity index (χ1v) is 6.38. The fraction of sp³-hybridized carbons (Fsp3) is 1.00. The highest BCUT2D eigenvalue weighted by atomic mass is 32.2. The van der Waals surface area contributed by atoms with E-state index in [0.29, 0.717) is 10.7 Å². The van der Waals surface area contributed by atoms with Crippen LogP contribution in [0.4, 0.5) is 13.2 Å². The summed E-state index contributed by atoms with van der Waals surface area (Å²) >= 11 is -2.23. The van der Waals surface area contributed by atoms with E-state index < -0.39 is 24.5 Å². The van der Waals surface area contributed by atoms with Gasteiger partial charge in [-0.05, 0) is 0 Å². The second-order valence-electron chi connectivity index (χ2n) is 2.46. The Bertz CT molecular complexity index is 280. The van der Waals surface area contributed by atoms with Gasteiger partial charge in [-0.1, -0.05) is 0 Å². The molecule has 1 fully saturated rings. The Morgan fingerprint density at radius 1 is 1.54 bits per heavy atom. The molecule has 0 radical (unpaired) electrons. The maximum Gasteiger partial charge on any atom is 0.454 e. The van der Waals surface area contributed by atoms with Gasteiger partial charge in [0.1, 0.15) is 0 Å². The lowest BCUT2D eigenvalue weighted by atomic mass is 10.8. The lowest BCUT2D eigenvalue weighted by molar-refractivity contribution is -0.0494. The monoisotopic (exact) mass is 237 g/mol. The van der Waals surface area contributed by atoms with Crippen LogP contribution in [0.3, 0.4) is 0 Å². The van der Waals surface area contributed by atoms with Crippen molar-refractivity contribution in [3.05, 3.63) is 0 Å². The molecule has 4 nitrogen and oxygen atoms in total. The average molecular weight is 237 g/mol. The Morgan fingerprint density at radius 3 is 2.38 bits per heavy atom. The van der Waals surface area contributed by atoms with E-state index in [-0.39, 0.29) is 13.2 Å². The molecule has 2 unspecified atom stereocenters. The van der Waals surface area contributed by atoms with E-state index in [1.807, 2.05) is 0 Å². The van der Waals surface area contributed by atoms with Crippen molar-refractivity contribution < 1.29 is 26.1 Å². The molecule has 1 aliphatic heterocycles. The van der Waals surface area contributed by atoms with Crippen molar-refractivity contribution in [3.63, 3.8) is 0 Å². The summed E-state index contributed by atoms with van der Waals surface area (Å²) in [5.41, 5.74) is 0. The fourth-order valence-electron chi connectivity index (χ4n) is 0.767. The average Bonchev–Trinajstić information content (AvgIpc) is 2.32. The zero-order valence-electron chi connectivity index (χ0n) is 6.58. The van der Waals surface area contributed by atoms with Crippen LogP contribution in [0.1, 0.15) is 0 Å². The lowest BCUT2D eigenvalue weighted by Gasteiger charge is -2.22. The normalized spacial score (nSPS) is 30.3. The molecule has 0 bridgehead atoms. The van der Waals surface area contributed by atoms with Gasteiger partial charge in [0.15, 0.2) is 0 Å². The number of alkyl halides is 3. The van der Waals surface area contributed by atoms with E-state index in [0.717, 1.165) is 0 Å². The highest BCUT2D eigenvalue weighted by Gasteiger charge is 2.54. The molecule has 9 heteroatoms. The van der Waals surface area contributed by atoms with Gasteiger partial charge in [0.05, 0.1) is 6.61 Å². The van der Waals surface area contributed by atoms with Crippen molar-refractivity contribution in [3.8, 4) is 0 Å². The third-order valence-electron chi connectivity index (χ3n) is 1.53. The van der Waals surface area contributed by atoms with Gasteiger partial charge in [-0.2, -0.15) is 13.2 Å². The molecule has 2 atom stereocenters. The van der Waals surface area contributed by atoms with Crippen LogP contribution in [0.25, 0.3) is 0 Å². The number of hydrogen-bond acceptors (Lipinski definition) is 3. The first-order chi connectivity index (χ1) is 5.77. The summed E-state index contributed by atoms with van der Waals surface area (Å²) < 4.78 is 63.2.